The van der Waals surface area contributed by atoms with Crippen LogP contribution >= 0.6 is 0 Å². The van der Waals surface area contributed by atoms with E-state index in [1.165, 1.54) is 0 Å². The van der Waals surface area contributed by atoms with Crippen molar-refractivity contribution in [2.24, 2.45) is 0 Å². The predicted octanol–water partition coefficient (Wildman–Crippen LogP) is 1.78. The fraction of sp³-hybridized carbons (Fsp3) is 0.500. The lowest BCUT2D eigenvalue weighted by Gasteiger charge is -2.18. The summed E-state index contributed by atoms with van der Waals surface area (Å²) in [6, 6.07) is 3.71. The Balaban J connectivity index is 2.10. The highest BCUT2D eigenvalue weighted by atomic mass is 16.2. The van der Waals surface area contributed by atoms with Crippen LogP contribution in [-0.2, 0) is 19.6 Å². The average Bonchev–Trinajstić information content (AvgIpc) is 3.07. The summed E-state index contributed by atoms with van der Waals surface area (Å²) in [7, 11) is 1.80. The molecule has 0 aromatic carbocycles. The van der Waals surface area contributed by atoms with Crippen LogP contribution in [0.15, 0.2) is 24.5 Å². The first kappa shape index (κ1) is 14.3. The van der Waals surface area contributed by atoms with Gasteiger partial charge in [0.05, 0.1) is 12.2 Å². The Morgan fingerprint density at radius 1 is 1.20 bits per heavy atom. The van der Waals surface area contributed by atoms with E-state index in [9.17, 15) is 4.79 Å². The lowest BCUT2D eigenvalue weighted by Crippen LogP contribution is -2.29. The molecule has 0 bridgehead atoms. The first-order chi connectivity index (χ1) is 9.67. The van der Waals surface area contributed by atoms with Gasteiger partial charge in [0.15, 0.2) is 0 Å². The highest BCUT2D eigenvalue weighted by Gasteiger charge is 2.17. The second-order valence-electron chi connectivity index (χ2n) is 4.74. The summed E-state index contributed by atoms with van der Waals surface area (Å²) in [5.41, 5.74) is 1.67. The van der Waals surface area contributed by atoms with E-state index in [0.29, 0.717) is 12.2 Å². The molecule has 0 aliphatic heterocycles. The van der Waals surface area contributed by atoms with Crippen LogP contribution in [0.25, 0.3) is 0 Å². The van der Waals surface area contributed by atoms with Gasteiger partial charge in [-0.05, 0) is 25.5 Å². The van der Waals surface area contributed by atoms with Crippen molar-refractivity contribution < 1.29 is 4.79 Å². The Morgan fingerprint density at radius 2 is 1.90 bits per heavy atom. The fourth-order valence-corrected chi connectivity index (χ4v) is 2.19. The first-order valence-electron chi connectivity index (χ1n) is 6.95. The Bertz CT molecular complexity index is 572. The van der Waals surface area contributed by atoms with E-state index in [-0.39, 0.29) is 5.91 Å². The molecular formula is C14H21N5O. The van der Waals surface area contributed by atoms with Gasteiger partial charge in [-0.1, -0.05) is 6.92 Å². The molecule has 1 amide bonds. The van der Waals surface area contributed by atoms with Crippen molar-refractivity contribution in [1.29, 1.82) is 0 Å². The van der Waals surface area contributed by atoms with Crippen LogP contribution in [-0.4, -0.2) is 37.4 Å². The van der Waals surface area contributed by atoms with E-state index >= 15 is 0 Å². The molecule has 0 unspecified atom stereocenters. The largest absolute Gasteiger partial charge is 0.334 e. The van der Waals surface area contributed by atoms with Gasteiger partial charge in [0.2, 0.25) is 0 Å². The van der Waals surface area contributed by atoms with Crippen LogP contribution in [0.2, 0.25) is 0 Å². The Kier molecular flexibility index (Phi) is 4.55. The van der Waals surface area contributed by atoms with Crippen LogP contribution in [0.1, 0.15) is 36.5 Å². The molecule has 0 saturated heterocycles. The van der Waals surface area contributed by atoms with Gasteiger partial charge >= 0.3 is 0 Å². The van der Waals surface area contributed by atoms with E-state index in [0.717, 1.165) is 25.2 Å². The van der Waals surface area contributed by atoms with Crippen LogP contribution in [0.5, 0.6) is 0 Å². The van der Waals surface area contributed by atoms with E-state index in [2.05, 4.69) is 17.1 Å². The van der Waals surface area contributed by atoms with Gasteiger partial charge in [0.25, 0.3) is 5.91 Å². The Labute approximate surface area is 119 Å². The van der Waals surface area contributed by atoms with Crippen LogP contribution in [0.4, 0.5) is 0 Å². The SMILES string of the molecule is CCCn1nccc1C(=O)N(C)Cc1ccnn1CC. The Morgan fingerprint density at radius 3 is 2.60 bits per heavy atom. The van der Waals surface area contributed by atoms with Crippen molar-refractivity contribution in [3.8, 4) is 0 Å². The third kappa shape index (κ3) is 2.89. The van der Waals surface area contributed by atoms with Gasteiger partial charge < -0.3 is 4.90 Å². The van der Waals surface area contributed by atoms with Gasteiger partial charge in [-0.2, -0.15) is 10.2 Å². The molecule has 0 aliphatic carbocycles. The number of hydrogen-bond acceptors (Lipinski definition) is 3. The molecule has 2 heterocycles. The number of aryl methyl sites for hydroxylation is 2. The minimum absolute atomic E-state index is 0.0141. The number of nitrogens with zero attached hydrogens (tertiary/aromatic N) is 5. The number of carbonyl (C=O) groups excluding carboxylic acids is 1. The minimum atomic E-state index is -0.0141. The monoisotopic (exact) mass is 275 g/mol. The molecule has 2 aromatic rings. The molecule has 108 valence electrons. The second kappa shape index (κ2) is 6.36. The molecule has 0 fully saturated rings. The summed E-state index contributed by atoms with van der Waals surface area (Å²) in [4.78, 5) is 14.2. The molecule has 2 aromatic heterocycles. The minimum Gasteiger partial charge on any atom is -0.334 e. The highest BCUT2D eigenvalue weighted by molar-refractivity contribution is 5.92. The smallest absolute Gasteiger partial charge is 0.272 e. The number of carbonyl (C=O) groups is 1. The highest BCUT2D eigenvalue weighted by Crippen LogP contribution is 2.09. The van der Waals surface area contributed by atoms with Crippen molar-refractivity contribution in [2.75, 3.05) is 7.05 Å². The third-order valence-electron chi connectivity index (χ3n) is 3.22. The fourth-order valence-electron chi connectivity index (χ4n) is 2.19. The van der Waals surface area contributed by atoms with Crippen LogP contribution < -0.4 is 0 Å². The standard InChI is InChI=1S/C14H21N5O/c1-4-10-19-13(7-9-16-19)14(20)17(3)11-12-6-8-15-18(12)5-2/h6-9H,4-5,10-11H2,1-3H3. The van der Waals surface area contributed by atoms with Gasteiger partial charge in [0, 0.05) is 32.5 Å². The van der Waals surface area contributed by atoms with E-state index < -0.39 is 0 Å². The topological polar surface area (TPSA) is 56.0 Å². The van der Waals surface area contributed by atoms with Crippen molar-refractivity contribution in [3.05, 3.63) is 35.9 Å². The van der Waals surface area contributed by atoms with Crippen LogP contribution in [0.3, 0.4) is 0 Å². The molecule has 6 heteroatoms. The number of amides is 1. The first-order valence-corrected chi connectivity index (χ1v) is 6.95. The lowest BCUT2D eigenvalue weighted by molar-refractivity contribution is 0.0769. The maximum Gasteiger partial charge on any atom is 0.272 e. The molecule has 0 spiro atoms. The zero-order valence-corrected chi connectivity index (χ0v) is 12.3. The average molecular weight is 275 g/mol. The summed E-state index contributed by atoms with van der Waals surface area (Å²) in [6.45, 7) is 6.21. The number of aromatic nitrogens is 4. The molecular weight excluding hydrogens is 254 g/mol. The maximum atomic E-state index is 12.5. The quantitative estimate of drug-likeness (QED) is 0.807. The van der Waals surface area contributed by atoms with Crippen molar-refractivity contribution in [1.82, 2.24) is 24.5 Å². The summed E-state index contributed by atoms with van der Waals surface area (Å²) in [5, 5.41) is 8.41. The zero-order chi connectivity index (χ0) is 14.5. The van der Waals surface area contributed by atoms with Gasteiger partial charge in [-0.25, -0.2) is 0 Å². The molecule has 0 aliphatic rings. The normalized spacial score (nSPS) is 10.8. The van der Waals surface area contributed by atoms with E-state index in [4.69, 9.17) is 0 Å². The van der Waals surface area contributed by atoms with E-state index in [1.54, 1.807) is 35.1 Å². The second-order valence-corrected chi connectivity index (χ2v) is 4.74. The van der Waals surface area contributed by atoms with Crippen molar-refractivity contribution >= 4 is 5.91 Å². The van der Waals surface area contributed by atoms with Gasteiger partial charge in [-0.15, -0.1) is 0 Å². The number of rotatable bonds is 6. The van der Waals surface area contributed by atoms with Crippen LogP contribution in [0, 0.1) is 0 Å². The molecule has 0 saturated carbocycles. The van der Waals surface area contributed by atoms with Crippen molar-refractivity contribution in [3.63, 3.8) is 0 Å². The van der Waals surface area contributed by atoms with Crippen molar-refractivity contribution in [2.45, 2.75) is 39.9 Å². The molecule has 0 N–H and O–H groups in total. The summed E-state index contributed by atoms with van der Waals surface area (Å²) in [5.74, 6) is -0.0141. The molecule has 6 nitrogen and oxygen atoms in total. The molecule has 0 radical (unpaired) electrons. The Hall–Kier alpha value is -2.11. The molecule has 0 atom stereocenters. The maximum absolute atomic E-state index is 12.5. The summed E-state index contributed by atoms with van der Waals surface area (Å²) < 4.78 is 3.66. The zero-order valence-electron chi connectivity index (χ0n) is 12.3. The predicted molar refractivity (Wildman–Crippen MR) is 76.2 cm³/mol. The summed E-state index contributed by atoms with van der Waals surface area (Å²) >= 11 is 0. The lowest BCUT2D eigenvalue weighted by atomic mass is 10.3. The third-order valence-corrected chi connectivity index (χ3v) is 3.22. The van der Waals surface area contributed by atoms with E-state index in [1.807, 2.05) is 17.7 Å². The number of hydrogen-bond donors (Lipinski definition) is 0. The van der Waals surface area contributed by atoms with Gasteiger partial charge in [0.1, 0.15) is 5.69 Å². The summed E-state index contributed by atoms with van der Waals surface area (Å²) in [6.07, 6.45) is 4.39. The van der Waals surface area contributed by atoms with Gasteiger partial charge in [-0.3, -0.25) is 14.2 Å². The molecule has 2 rings (SSSR count). The molecule has 20 heavy (non-hydrogen) atoms.